The van der Waals surface area contributed by atoms with Gasteiger partial charge in [0.1, 0.15) is 0 Å². The lowest BCUT2D eigenvalue weighted by atomic mass is 9.88. The highest BCUT2D eigenvalue weighted by atomic mass is 16.5. The summed E-state index contributed by atoms with van der Waals surface area (Å²) in [6, 6.07) is 1.45. The van der Waals surface area contributed by atoms with E-state index >= 15 is 0 Å². The zero-order chi connectivity index (χ0) is 12.1. The Bertz CT molecular complexity index is 220. The molecule has 2 fully saturated rings. The van der Waals surface area contributed by atoms with Crippen LogP contribution in [0.4, 0.5) is 0 Å². The Balaban J connectivity index is 1.96. The fraction of sp³-hybridized carbons (Fsp3) is 1.00. The Morgan fingerprint density at radius 2 is 2.06 bits per heavy atom. The molecule has 0 amide bonds. The van der Waals surface area contributed by atoms with E-state index in [1.165, 1.54) is 38.6 Å². The van der Waals surface area contributed by atoms with Crippen LogP contribution in [-0.2, 0) is 4.74 Å². The van der Waals surface area contributed by atoms with E-state index < -0.39 is 0 Å². The van der Waals surface area contributed by atoms with E-state index in [2.05, 4.69) is 24.1 Å². The minimum absolute atomic E-state index is 0.404. The molecule has 2 rings (SSSR count). The fourth-order valence-electron chi connectivity index (χ4n) is 3.38. The average molecular weight is 240 g/mol. The van der Waals surface area contributed by atoms with Gasteiger partial charge in [-0.15, -0.1) is 0 Å². The number of ether oxygens (including phenoxy) is 1. The molecule has 0 aromatic rings. The molecule has 0 aromatic carbocycles. The largest absolute Gasteiger partial charge is 0.377 e. The molecule has 2 aliphatic rings. The van der Waals surface area contributed by atoms with E-state index in [1.807, 2.05) is 0 Å². The molecule has 0 aromatic heterocycles. The van der Waals surface area contributed by atoms with E-state index in [1.54, 1.807) is 0 Å². The summed E-state index contributed by atoms with van der Waals surface area (Å²) in [4.78, 5) is 2.68. The summed E-state index contributed by atoms with van der Waals surface area (Å²) in [6.07, 6.45) is 7.11. The molecule has 1 aliphatic heterocycles. The van der Waals surface area contributed by atoms with Crippen molar-refractivity contribution >= 4 is 0 Å². The van der Waals surface area contributed by atoms with Crippen LogP contribution in [0, 0.1) is 0 Å². The van der Waals surface area contributed by atoms with Crippen LogP contribution in [0.1, 0.15) is 46.0 Å². The van der Waals surface area contributed by atoms with Gasteiger partial charge in [0.05, 0.1) is 6.10 Å². The number of hydrogen-bond donors (Lipinski definition) is 1. The number of nitrogens with one attached hydrogen (secondary N) is 1. The molecule has 100 valence electrons. The maximum Gasteiger partial charge on any atom is 0.0674 e. The highest BCUT2D eigenvalue weighted by Gasteiger charge is 2.30. The molecule has 3 atom stereocenters. The topological polar surface area (TPSA) is 24.5 Å². The summed E-state index contributed by atoms with van der Waals surface area (Å²) in [6.45, 7) is 8.81. The standard InChI is InChI=1S/C14H28N2O/c1-3-15-13-7-4-5-8-14(13)16-9-6-10-17-12(2)11-16/h12-15H,3-11H2,1-2H3. The van der Waals surface area contributed by atoms with Gasteiger partial charge in [-0.05, 0) is 32.7 Å². The van der Waals surface area contributed by atoms with Crippen LogP contribution < -0.4 is 5.32 Å². The smallest absolute Gasteiger partial charge is 0.0674 e. The maximum atomic E-state index is 5.76. The Hall–Kier alpha value is -0.120. The van der Waals surface area contributed by atoms with Gasteiger partial charge in [-0.2, -0.15) is 0 Å². The lowest BCUT2D eigenvalue weighted by Gasteiger charge is -2.40. The van der Waals surface area contributed by atoms with Gasteiger partial charge in [0, 0.05) is 31.8 Å². The van der Waals surface area contributed by atoms with Crippen LogP contribution in [0.2, 0.25) is 0 Å². The average Bonchev–Trinajstić information content (AvgIpc) is 2.55. The van der Waals surface area contributed by atoms with Crippen molar-refractivity contribution in [3.8, 4) is 0 Å². The first-order chi connectivity index (χ1) is 8.31. The molecule has 0 bridgehead atoms. The summed E-state index contributed by atoms with van der Waals surface area (Å²) in [5.74, 6) is 0. The van der Waals surface area contributed by atoms with Crippen molar-refractivity contribution in [2.24, 2.45) is 0 Å². The van der Waals surface area contributed by atoms with Gasteiger partial charge in [-0.3, -0.25) is 4.90 Å². The minimum atomic E-state index is 0.404. The van der Waals surface area contributed by atoms with E-state index in [9.17, 15) is 0 Å². The summed E-state index contributed by atoms with van der Waals surface area (Å²) in [5.41, 5.74) is 0. The molecule has 1 N–H and O–H groups in total. The van der Waals surface area contributed by atoms with Gasteiger partial charge in [0.15, 0.2) is 0 Å². The highest BCUT2D eigenvalue weighted by molar-refractivity contribution is 4.89. The van der Waals surface area contributed by atoms with Crippen molar-refractivity contribution in [2.45, 2.75) is 64.1 Å². The number of hydrogen-bond acceptors (Lipinski definition) is 3. The predicted molar refractivity (Wildman–Crippen MR) is 71.3 cm³/mol. The number of likely N-dealkylation sites (N-methyl/N-ethyl adjacent to an activating group) is 1. The Morgan fingerprint density at radius 1 is 1.24 bits per heavy atom. The van der Waals surface area contributed by atoms with Crippen molar-refractivity contribution < 1.29 is 4.74 Å². The van der Waals surface area contributed by atoms with Gasteiger partial charge < -0.3 is 10.1 Å². The van der Waals surface area contributed by atoms with E-state index in [4.69, 9.17) is 4.74 Å². The normalized spacial score (nSPS) is 36.7. The molecular formula is C14H28N2O. The first-order valence-corrected chi connectivity index (χ1v) is 7.40. The van der Waals surface area contributed by atoms with Crippen LogP contribution in [0.15, 0.2) is 0 Å². The predicted octanol–water partition coefficient (Wildman–Crippen LogP) is 2.02. The SMILES string of the molecule is CCNC1CCCCC1N1CCCOC(C)C1. The molecular weight excluding hydrogens is 212 g/mol. The molecule has 1 aliphatic carbocycles. The summed E-state index contributed by atoms with van der Waals surface area (Å²) in [7, 11) is 0. The zero-order valence-corrected chi connectivity index (χ0v) is 11.5. The second kappa shape index (κ2) is 6.72. The van der Waals surface area contributed by atoms with Crippen LogP contribution >= 0.6 is 0 Å². The molecule has 1 heterocycles. The molecule has 0 spiro atoms. The Kier molecular flexibility index (Phi) is 5.26. The molecule has 3 nitrogen and oxygen atoms in total. The second-order valence-corrected chi connectivity index (χ2v) is 5.55. The van der Waals surface area contributed by atoms with Crippen LogP contribution in [-0.4, -0.2) is 49.3 Å². The number of nitrogens with zero attached hydrogens (tertiary/aromatic N) is 1. The molecule has 17 heavy (non-hydrogen) atoms. The van der Waals surface area contributed by atoms with E-state index in [0.29, 0.717) is 12.1 Å². The van der Waals surface area contributed by atoms with Gasteiger partial charge in [-0.1, -0.05) is 19.8 Å². The van der Waals surface area contributed by atoms with Crippen molar-refractivity contribution in [3.05, 3.63) is 0 Å². The molecule has 1 saturated heterocycles. The Morgan fingerprint density at radius 3 is 2.88 bits per heavy atom. The lowest BCUT2D eigenvalue weighted by molar-refractivity contribution is 0.0504. The fourth-order valence-corrected chi connectivity index (χ4v) is 3.38. The quantitative estimate of drug-likeness (QED) is 0.817. The minimum Gasteiger partial charge on any atom is -0.377 e. The first-order valence-electron chi connectivity index (χ1n) is 7.40. The molecule has 3 unspecified atom stereocenters. The van der Waals surface area contributed by atoms with Crippen molar-refractivity contribution in [2.75, 3.05) is 26.2 Å². The third-order valence-corrected chi connectivity index (χ3v) is 4.15. The monoisotopic (exact) mass is 240 g/mol. The maximum absolute atomic E-state index is 5.76. The third kappa shape index (κ3) is 3.67. The van der Waals surface area contributed by atoms with E-state index in [-0.39, 0.29) is 0 Å². The van der Waals surface area contributed by atoms with Gasteiger partial charge in [0.2, 0.25) is 0 Å². The van der Waals surface area contributed by atoms with Crippen molar-refractivity contribution in [1.29, 1.82) is 0 Å². The van der Waals surface area contributed by atoms with Crippen molar-refractivity contribution in [1.82, 2.24) is 10.2 Å². The molecule has 3 heteroatoms. The summed E-state index contributed by atoms with van der Waals surface area (Å²) < 4.78 is 5.76. The van der Waals surface area contributed by atoms with Crippen LogP contribution in [0.3, 0.4) is 0 Å². The highest BCUT2D eigenvalue weighted by Crippen LogP contribution is 2.24. The first kappa shape index (κ1) is 13.3. The van der Waals surface area contributed by atoms with Gasteiger partial charge in [0.25, 0.3) is 0 Å². The summed E-state index contributed by atoms with van der Waals surface area (Å²) >= 11 is 0. The Labute approximate surface area is 106 Å². The van der Waals surface area contributed by atoms with E-state index in [0.717, 1.165) is 25.7 Å². The zero-order valence-electron chi connectivity index (χ0n) is 11.5. The van der Waals surface area contributed by atoms with Gasteiger partial charge >= 0.3 is 0 Å². The molecule has 1 saturated carbocycles. The summed E-state index contributed by atoms with van der Waals surface area (Å²) in [5, 5.41) is 3.68. The van der Waals surface area contributed by atoms with Crippen LogP contribution in [0.25, 0.3) is 0 Å². The molecule has 0 radical (unpaired) electrons. The number of rotatable bonds is 3. The van der Waals surface area contributed by atoms with Crippen LogP contribution in [0.5, 0.6) is 0 Å². The third-order valence-electron chi connectivity index (χ3n) is 4.15. The van der Waals surface area contributed by atoms with Gasteiger partial charge in [-0.25, -0.2) is 0 Å². The lowest BCUT2D eigenvalue weighted by Crippen LogP contribution is -2.53. The van der Waals surface area contributed by atoms with Crippen molar-refractivity contribution in [3.63, 3.8) is 0 Å². The second-order valence-electron chi connectivity index (χ2n) is 5.55.